The summed E-state index contributed by atoms with van der Waals surface area (Å²) in [5.41, 5.74) is 1.33. The third-order valence-corrected chi connectivity index (χ3v) is 15.1. The van der Waals surface area contributed by atoms with Crippen molar-refractivity contribution in [3.8, 4) is 5.75 Å². The number of nitrogens with zero attached hydrogens (tertiary/aromatic N) is 1. The molecule has 0 radical (unpaired) electrons. The van der Waals surface area contributed by atoms with Gasteiger partial charge in [-0.1, -0.05) is 19.9 Å². The van der Waals surface area contributed by atoms with Crippen molar-refractivity contribution in [1.29, 1.82) is 0 Å². The summed E-state index contributed by atoms with van der Waals surface area (Å²) in [6.07, 6.45) is 3.04. The number of nitrogens with one attached hydrogen (secondary N) is 1. The number of fused-ring (bicyclic) bond motifs is 5. The Hall–Kier alpha value is -2.66. The van der Waals surface area contributed by atoms with Crippen LogP contribution in [0.2, 0.25) is 0 Å². The molecular formula is C47H72N2O12. The highest BCUT2D eigenvalue weighted by Gasteiger charge is 2.60. The standard InChI is InChI=1S/C47H72N2O12/c1-10-29-12-11-13-37(61-39-19-18-36(49(5)6)25(3)57-39)24(2)42(52)35-22-32-31-20-30(60-47-46(56-9)45(55-8)44(54-7)26(4)58-47)21-34(31)41(48-27-14-16-28(50)17-15-27)43(53)40(32)33(35)23-38(51)59-29/h14-17,22,24-26,29-34,36-37,39-41,43-48,50,53H,10-13,18-21,23H2,1-9H3/t24-,25?,26?,29+,30+,31+,32+,33-,34-,36+,37+,39+,40-,41+,43+,44+,45?,46?,47+/m1/s1. The molecule has 0 bridgehead atoms. The van der Waals surface area contributed by atoms with Crippen LogP contribution in [0.5, 0.6) is 5.75 Å². The number of cyclic esters (lactones) is 1. The molecule has 7 rings (SSSR count). The molecular weight excluding hydrogens is 785 g/mol. The summed E-state index contributed by atoms with van der Waals surface area (Å²) in [7, 11) is 9.01. The molecule has 0 spiro atoms. The number of aliphatic hydroxyl groups excluding tert-OH is 1. The minimum absolute atomic E-state index is 0.00742. The van der Waals surface area contributed by atoms with Gasteiger partial charge in [0.15, 0.2) is 18.4 Å². The predicted octanol–water partition coefficient (Wildman–Crippen LogP) is 5.48. The van der Waals surface area contributed by atoms with E-state index >= 15 is 4.79 Å². The van der Waals surface area contributed by atoms with Crippen LogP contribution in [0.4, 0.5) is 5.69 Å². The second-order valence-electron chi connectivity index (χ2n) is 18.8. The van der Waals surface area contributed by atoms with Gasteiger partial charge in [-0.25, -0.2) is 0 Å². The topological polar surface area (TPSA) is 164 Å². The number of ketones is 1. The molecule has 14 heteroatoms. The number of Topliss-reactive ketones (excluding diaryl/α,β-unsaturated/α-hetero) is 1. The van der Waals surface area contributed by atoms with Crippen LogP contribution in [0.1, 0.15) is 85.5 Å². The molecule has 3 N–H and O–H groups in total. The fourth-order valence-corrected chi connectivity index (χ4v) is 12.0. The van der Waals surface area contributed by atoms with Crippen LogP contribution in [0.25, 0.3) is 0 Å². The SMILES string of the molecule is CC[C@H]1CCC[C@H](O[C@H]2CC[C@H](N(C)C)C(C)O2)[C@@H](C)C(=O)C2=C[C@H]3[C@@H]4C[C@H](O[C@@H]5OC(C)[C@H](OC)C(OC)C5OC)C[C@H]4[C@H](Nc4ccc(O)cc4)[C@@H](O)[C@H]3[C@@H]2CC(=O)O1. The van der Waals surface area contributed by atoms with Crippen molar-refractivity contribution in [2.24, 2.45) is 35.5 Å². The molecule has 0 aromatic heterocycles. The molecule has 3 heterocycles. The predicted molar refractivity (Wildman–Crippen MR) is 227 cm³/mol. The first kappa shape index (κ1) is 46.3. The highest BCUT2D eigenvalue weighted by atomic mass is 16.7. The normalized spacial score (nSPS) is 43.3. The smallest absolute Gasteiger partial charge is 0.306 e. The molecule has 1 aromatic carbocycles. The lowest BCUT2D eigenvalue weighted by Gasteiger charge is -2.47. The number of phenols is 1. The zero-order valence-electron chi connectivity index (χ0n) is 37.6. The Morgan fingerprint density at radius 3 is 2.21 bits per heavy atom. The lowest BCUT2D eigenvalue weighted by atomic mass is 9.62. The van der Waals surface area contributed by atoms with Crippen LogP contribution in [-0.2, 0) is 47.5 Å². The Kier molecular flexibility index (Phi) is 15.2. The summed E-state index contributed by atoms with van der Waals surface area (Å²) in [6, 6.07) is 6.66. The molecule has 0 amide bonds. The number of allylic oxidation sites excluding steroid dienone is 2. The minimum Gasteiger partial charge on any atom is -0.508 e. The van der Waals surface area contributed by atoms with Gasteiger partial charge >= 0.3 is 5.97 Å². The largest absolute Gasteiger partial charge is 0.508 e. The van der Waals surface area contributed by atoms with Gasteiger partial charge in [0.2, 0.25) is 0 Å². The van der Waals surface area contributed by atoms with E-state index in [9.17, 15) is 15.0 Å². The molecule has 3 aliphatic carbocycles. The van der Waals surface area contributed by atoms with Gasteiger partial charge in [0.1, 0.15) is 30.2 Å². The highest BCUT2D eigenvalue weighted by molar-refractivity contribution is 5.99. The molecule has 2 saturated carbocycles. The second kappa shape index (κ2) is 20.0. The first-order valence-electron chi connectivity index (χ1n) is 22.8. The second-order valence-corrected chi connectivity index (χ2v) is 18.8. The average Bonchev–Trinajstić information content (AvgIpc) is 3.82. The third kappa shape index (κ3) is 9.73. The Morgan fingerprint density at radius 2 is 1.56 bits per heavy atom. The number of hydrogen-bond donors (Lipinski definition) is 3. The number of aliphatic hydroxyl groups is 1. The van der Waals surface area contributed by atoms with Gasteiger partial charge in [-0.2, -0.15) is 0 Å². The van der Waals surface area contributed by atoms with Gasteiger partial charge in [0.25, 0.3) is 0 Å². The van der Waals surface area contributed by atoms with Gasteiger partial charge in [-0.3, -0.25) is 9.59 Å². The maximum Gasteiger partial charge on any atom is 0.306 e. The van der Waals surface area contributed by atoms with Crippen LogP contribution in [0, 0.1) is 35.5 Å². The van der Waals surface area contributed by atoms with Gasteiger partial charge in [0.05, 0.1) is 43.0 Å². The third-order valence-electron chi connectivity index (χ3n) is 15.1. The first-order valence-corrected chi connectivity index (χ1v) is 22.8. The van der Waals surface area contributed by atoms with Crippen molar-refractivity contribution in [1.82, 2.24) is 4.90 Å². The number of esters is 1. The Balaban J connectivity index is 1.20. The number of methoxy groups -OCH3 is 3. The van der Waals surface area contributed by atoms with Crippen molar-refractivity contribution >= 4 is 17.4 Å². The number of carbonyl (C=O) groups is 2. The zero-order chi connectivity index (χ0) is 43.7. The van der Waals surface area contributed by atoms with E-state index in [4.69, 9.17) is 37.9 Å². The molecule has 19 atom stereocenters. The van der Waals surface area contributed by atoms with E-state index in [1.165, 1.54) is 0 Å². The van der Waals surface area contributed by atoms with Gasteiger partial charge in [-0.15, -0.1) is 0 Å². The van der Waals surface area contributed by atoms with Gasteiger partial charge < -0.3 is 58.3 Å². The van der Waals surface area contributed by atoms with E-state index < -0.39 is 60.8 Å². The first-order chi connectivity index (χ1) is 29.3. The average molecular weight is 857 g/mol. The number of carbonyl (C=O) groups excluding carboxylic acids is 2. The molecule has 61 heavy (non-hydrogen) atoms. The Morgan fingerprint density at radius 1 is 0.852 bits per heavy atom. The van der Waals surface area contributed by atoms with Crippen LogP contribution < -0.4 is 5.32 Å². The number of benzene rings is 1. The summed E-state index contributed by atoms with van der Waals surface area (Å²) < 4.78 is 50.1. The minimum atomic E-state index is -0.935. The van der Waals surface area contributed by atoms with Crippen LogP contribution >= 0.6 is 0 Å². The monoisotopic (exact) mass is 857 g/mol. The quantitative estimate of drug-likeness (QED) is 0.190. The summed E-state index contributed by atoms with van der Waals surface area (Å²) in [5, 5.41) is 26.4. The Labute approximate surface area is 362 Å². The maximum absolute atomic E-state index is 15.1. The number of anilines is 1. The van der Waals surface area contributed by atoms with E-state index in [-0.39, 0.29) is 78.2 Å². The van der Waals surface area contributed by atoms with Crippen molar-refractivity contribution in [3.05, 3.63) is 35.9 Å². The number of ether oxygens (including phenoxy) is 8. The summed E-state index contributed by atoms with van der Waals surface area (Å²) in [5.74, 6) is -2.06. The van der Waals surface area contributed by atoms with Crippen LogP contribution in [0.3, 0.4) is 0 Å². The highest BCUT2D eigenvalue weighted by Crippen LogP contribution is 2.57. The summed E-state index contributed by atoms with van der Waals surface area (Å²) in [6.45, 7) is 8.00. The fraction of sp³-hybridized carbons (Fsp3) is 0.787. The fourth-order valence-electron chi connectivity index (χ4n) is 12.0. The molecule has 6 aliphatic rings. The zero-order valence-corrected chi connectivity index (χ0v) is 37.6. The van der Waals surface area contributed by atoms with Crippen molar-refractivity contribution in [2.75, 3.05) is 40.7 Å². The van der Waals surface area contributed by atoms with E-state index in [1.807, 2.05) is 20.8 Å². The summed E-state index contributed by atoms with van der Waals surface area (Å²) >= 11 is 0. The molecule has 1 aromatic rings. The number of rotatable bonds is 11. The van der Waals surface area contributed by atoms with Crippen molar-refractivity contribution in [3.63, 3.8) is 0 Å². The van der Waals surface area contributed by atoms with Gasteiger partial charge in [-0.05, 0) is 127 Å². The number of phenolic OH excluding ortho intramolecular Hbond substituents is 1. The molecule has 14 nitrogen and oxygen atoms in total. The van der Waals surface area contributed by atoms with E-state index in [0.717, 1.165) is 24.9 Å². The molecule has 3 aliphatic heterocycles. The number of hydrogen-bond acceptors (Lipinski definition) is 14. The van der Waals surface area contributed by atoms with Crippen molar-refractivity contribution in [2.45, 2.75) is 165 Å². The molecule has 3 saturated heterocycles. The summed E-state index contributed by atoms with van der Waals surface area (Å²) in [4.78, 5) is 31.2. The van der Waals surface area contributed by atoms with E-state index in [1.54, 1.807) is 45.6 Å². The van der Waals surface area contributed by atoms with E-state index in [0.29, 0.717) is 37.7 Å². The molecule has 4 unspecified atom stereocenters. The Bertz CT molecular complexity index is 1660. The maximum atomic E-state index is 15.1. The van der Waals surface area contributed by atoms with E-state index in [2.05, 4.69) is 37.3 Å². The molecule has 5 fully saturated rings. The van der Waals surface area contributed by atoms with Gasteiger partial charge in [0, 0.05) is 50.8 Å². The number of aromatic hydroxyl groups is 1. The van der Waals surface area contributed by atoms with Crippen LogP contribution in [-0.4, -0.2) is 142 Å². The lowest BCUT2D eigenvalue weighted by Crippen LogP contribution is -2.59. The van der Waals surface area contributed by atoms with Crippen molar-refractivity contribution < 1.29 is 57.7 Å². The lowest BCUT2D eigenvalue weighted by molar-refractivity contribution is -0.314. The molecule has 342 valence electrons. The van der Waals surface area contributed by atoms with Crippen LogP contribution in [0.15, 0.2) is 35.9 Å². The number of likely N-dealkylation sites (N-methyl/N-ethyl adjacent to an activating group) is 1.